The number of hydrazine groups is 1. The van der Waals surface area contributed by atoms with Crippen molar-refractivity contribution in [2.24, 2.45) is 0 Å². The van der Waals surface area contributed by atoms with Gasteiger partial charge >= 0.3 is 0 Å². The molecule has 1 aliphatic heterocycles. The molecule has 0 radical (unpaired) electrons. The van der Waals surface area contributed by atoms with Gasteiger partial charge in [0.15, 0.2) is 5.69 Å². The van der Waals surface area contributed by atoms with Crippen LogP contribution < -0.4 is 16.4 Å². The topological polar surface area (TPSA) is 113 Å². The molecule has 2 N–H and O–H groups in total. The summed E-state index contributed by atoms with van der Waals surface area (Å²) in [6, 6.07) is 13.6. The van der Waals surface area contributed by atoms with E-state index in [0.717, 1.165) is 18.5 Å². The lowest BCUT2D eigenvalue weighted by atomic mass is 10.1. The number of amides is 3. The number of hydrogen-bond acceptors (Lipinski definition) is 5. The molecule has 3 aromatic rings. The smallest absolute Gasteiger partial charge is 0.290 e. The zero-order valence-corrected chi connectivity index (χ0v) is 18.3. The van der Waals surface area contributed by atoms with E-state index < -0.39 is 11.8 Å². The van der Waals surface area contributed by atoms with Gasteiger partial charge < -0.3 is 4.90 Å². The molecule has 1 fully saturated rings. The van der Waals surface area contributed by atoms with Crippen LogP contribution in [0.1, 0.15) is 52.6 Å². The minimum atomic E-state index is -0.617. The molecule has 0 aliphatic carbocycles. The third kappa shape index (κ3) is 4.77. The number of aromatic nitrogens is 2. The molecule has 0 atom stereocenters. The summed E-state index contributed by atoms with van der Waals surface area (Å²) in [4.78, 5) is 51.5. The Hall–Kier alpha value is -4.01. The molecule has 1 saturated heterocycles. The Balaban J connectivity index is 1.45. The molecule has 0 bridgehead atoms. The van der Waals surface area contributed by atoms with Crippen LogP contribution in [-0.2, 0) is 17.9 Å². The molecular weight excluding hydrogens is 422 g/mol. The Morgan fingerprint density at radius 3 is 2.33 bits per heavy atom. The van der Waals surface area contributed by atoms with Crippen LogP contribution in [0, 0.1) is 0 Å². The number of nitrogens with zero attached hydrogens (tertiary/aromatic N) is 3. The van der Waals surface area contributed by atoms with Crippen LogP contribution in [0.4, 0.5) is 0 Å². The fourth-order valence-electron chi connectivity index (χ4n) is 3.86. The van der Waals surface area contributed by atoms with Crippen molar-refractivity contribution in [2.75, 3.05) is 6.54 Å². The molecule has 0 spiro atoms. The van der Waals surface area contributed by atoms with Gasteiger partial charge in [0.2, 0.25) is 5.91 Å². The lowest BCUT2D eigenvalue weighted by Gasteiger charge is -2.15. The Labute approximate surface area is 190 Å². The van der Waals surface area contributed by atoms with Crippen LogP contribution in [0.3, 0.4) is 0 Å². The van der Waals surface area contributed by atoms with Crippen molar-refractivity contribution in [2.45, 2.75) is 39.3 Å². The summed E-state index contributed by atoms with van der Waals surface area (Å²) in [6.45, 7) is 3.56. The number of rotatable bonds is 6. The summed E-state index contributed by atoms with van der Waals surface area (Å²) in [5, 5.41) is 5.03. The molecular formula is C24H25N5O4. The number of hydrogen-bond donors (Lipinski definition) is 2. The molecule has 1 aliphatic rings. The van der Waals surface area contributed by atoms with E-state index in [9.17, 15) is 19.2 Å². The second-order valence-electron chi connectivity index (χ2n) is 7.95. The van der Waals surface area contributed by atoms with Crippen LogP contribution in [0.5, 0.6) is 0 Å². The average molecular weight is 447 g/mol. The van der Waals surface area contributed by atoms with E-state index in [1.54, 1.807) is 53.4 Å². The molecule has 0 saturated carbocycles. The monoisotopic (exact) mass is 447 g/mol. The van der Waals surface area contributed by atoms with Gasteiger partial charge in [-0.25, -0.2) is 4.68 Å². The molecule has 0 unspecified atom stereocenters. The zero-order chi connectivity index (χ0) is 23.4. The van der Waals surface area contributed by atoms with Gasteiger partial charge in [-0.05, 0) is 36.6 Å². The average Bonchev–Trinajstić information content (AvgIpc) is 3.24. The summed E-state index contributed by atoms with van der Waals surface area (Å²) in [5.74, 6) is -0.960. The molecule has 9 heteroatoms. The lowest BCUT2D eigenvalue weighted by molar-refractivity contribution is -0.128. The summed E-state index contributed by atoms with van der Waals surface area (Å²) in [5.41, 5.74) is 5.88. The highest BCUT2D eigenvalue weighted by Gasteiger charge is 2.20. The van der Waals surface area contributed by atoms with Crippen molar-refractivity contribution in [3.8, 4) is 0 Å². The molecule has 9 nitrogen and oxygen atoms in total. The number of carbonyl (C=O) groups is 3. The van der Waals surface area contributed by atoms with Gasteiger partial charge in [-0.1, -0.05) is 37.3 Å². The number of nitrogens with one attached hydrogen (secondary N) is 2. The second kappa shape index (κ2) is 9.64. The number of aryl methyl sites for hydroxylation is 1. The van der Waals surface area contributed by atoms with Crippen LogP contribution in [0.25, 0.3) is 10.8 Å². The summed E-state index contributed by atoms with van der Waals surface area (Å²) in [7, 11) is 0. The predicted molar refractivity (Wildman–Crippen MR) is 122 cm³/mol. The third-order valence-corrected chi connectivity index (χ3v) is 5.57. The quantitative estimate of drug-likeness (QED) is 0.561. The molecule has 33 heavy (non-hydrogen) atoms. The van der Waals surface area contributed by atoms with Crippen molar-refractivity contribution >= 4 is 28.5 Å². The van der Waals surface area contributed by atoms with Crippen LogP contribution in [-0.4, -0.2) is 38.9 Å². The van der Waals surface area contributed by atoms with Gasteiger partial charge in [-0.3, -0.25) is 30.0 Å². The van der Waals surface area contributed by atoms with E-state index in [4.69, 9.17) is 0 Å². The number of likely N-dealkylation sites (tertiary alicyclic amines) is 1. The fourth-order valence-corrected chi connectivity index (χ4v) is 3.86. The Bertz CT molecular complexity index is 1270. The van der Waals surface area contributed by atoms with E-state index in [2.05, 4.69) is 16.0 Å². The van der Waals surface area contributed by atoms with E-state index in [0.29, 0.717) is 42.3 Å². The molecule has 2 heterocycles. The number of carbonyl (C=O) groups excluding carboxylic acids is 3. The minimum Gasteiger partial charge on any atom is -0.338 e. The SMILES string of the molecule is CCCn1nc(C(=O)NNC(=O)c2ccc(CN3CCCC3=O)cc2)c2ccccc2c1=O. The maximum absolute atomic E-state index is 12.8. The Morgan fingerprint density at radius 1 is 0.970 bits per heavy atom. The van der Waals surface area contributed by atoms with Gasteiger partial charge in [0.05, 0.1) is 5.39 Å². The first kappa shape index (κ1) is 22.2. The molecule has 170 valence electrons. The summed E-state index contributed by atoms with van der Waals surface area (Å²) in [6.07, 6.45) is 2.14. The number of benzene rings is 2. The summed E-state index contributed by atoms with van der Waals surface area (Å²) >= 11 is 0. The highest BCUT2D eigenvalue weighted by Crippen LogP contribution is 2.15. The maximum Gasteiger partial charge on any atom is 0.290 e. The van der Waals surface area contributed by atoms with E-state index in [1.807, 2.05) is 6.92 Å². The largest absolute Gasteiger partial charge is 0.338 e. The zero-order valence-electron chi connectivity index (χ0n) is 18.3. The van der Waals surface area contributed by atoms with Crippen molar-refractivity contribution in [3.63, 3.8) is 0 Å². The predicted octanol–water partition coefficient (Wildman–Crippen LogP) is 2.00. The molecule has 3 amide bonds. The fraction of sp³-hybridized carbons (Fsp3) is 0.292. The third-order valence-electron chi connectivity index (χ3n) is 5.57. The highest BCUT2D eigenvalue weighted by molar-refractivity contribution is 6.06. The van der Waals surface area contributed by atoms with E-state index in [1.165, 1.54) is 4.68 Å². The van der Waals surface area contributed by atoms with E-state index in [-0.39, 0.29) is 17.2 Å². The lowest BCUT2D eigenvalue weighted by Crippen LogP contribution is -2.42. The van der Waals surface area contributed by atoms with E-state index >= 15 is 0 Å². The van der Waals surface area contributed by atoms with Gasteiger partial charge in [-0.15, -0.1) is 0 Å². The normalized spacial score (nSPS) is 13.4. The van der Waals surface area contributed by atoms with Crippen LogP contribution in [0.15, 0.2) is 53.3 Å². The van der Waals surface area contributed by atoms with Crippen molar-refractivity contribution < 1.29 is 14.4 Å². The Morgan fingerprint density at radius 2 is 1.67 bits per heavy atom. The first-order valence-corrected chi connectivity index (χ1v) is 10.9. The molecule has 2 aromatic carbocycles. The van der Waals surface area contributed by atoms with Crippen molar-refractivity contribution in [1.82, 2.24) is 25.5 Å². The first-order valence-electron chi connectivity index (χ1n) is 10.9. The van der Waals surface area contributed by atoms with Crippen molar-refractivity contribution in [3.05, 3.63) is 75.7 Å². The van der Waals surface area contributed by atoms with Gasteiger partial charge in [0.1, 0.15) is 0 Å². The molecule has 4 rings (SSSR count). The summed E-state index contributed by atoms with van der Waals surface area (Å²) < 4.78 is 1.27. The first-order chi connectivity index (χ1) is 16.0. The minimum absolute atomic E-state index is 0.0598. The number of fused-ring (bicyclic) bond motifs is 1. The Kier molecular flexibility index (Phi) is 6.48. The highest BCUT2D eigenvalue weighted by atomic mass is 16.2. The standard InChI is InChI=1S/C24H25N5O4/c1-2-13-29-24(33)19-7-4-3-6-18(19)21(27-29)23(32)26-25-22(31)17-11-9-16(10-12-17)15-28-14-5-8-20(28)30/h3-4,6-7,9-12H,2,5,8,13-15H2,1H3,(H,25,31)(H,26,32). The second-order valence-corrected chi connectivity index (χ2v) is 7.95. The van der Waals surface area contributed by atoms with Gasteiger partial charge in [0.25, 0.3) is 17.4 Å². The van der Waals surface area contributed by atoms with Gasteiger partial charge in [-0.2, -0.15) is 5.10 Å². The molecule has 1 aromatic heterocycles. The van der Waals surface area contributed by atoms with Crippen LogP contribution in [0.2, 0.25) is 0 Å². The van der Waals surface area contributed by atoms with Crippen LogP contribution >= 0.6 is 0 Å². The maximum atomic E-state index is 12.8. The van der Waals surface area contributed by atoms with Gasteiger partial charge in [0, 0.05) is 37.0 Å². The van der Waals surface area contributed by atoms with Crippen molar-refractivity contribution in [1.29, 1.82) is 0 Å².